The highest BCUT2D eigenvalue weighted by atomic mass is 16.5. The van der Waals surface area contributed by atoms with Crippen LogP contribution in [-0.4, -0.2) is 65.7 Å². The van der Waals surface area contributed by atoms with Crippen molar-refractivity contribution in [1.29, 1.82) is 0 Å². The summed E-state index contributed by atoms with van der Waals surface area (Å²) in [6.07, 6.45) is 3.15. The smallest absolute Gasteiger partial charge is 0.242 e. The number of carbonyl (C=O) groups is 1. The van der Waals surface area contributed by atoms with Crippen LogP contribution in [0.5, 0.6) is 0 Å². The van der Waals surface area contributed by atoms with Crippen LogP contribution in [0.1, 0.15) is 13.3 Å². The molecule has 1 aromatic carbocycles. The SMILES string of the molecule is CC[C@H]1CN(C(=O)Cn2ccc3ccccc32)C[C@H]1N1CCOCC1. The van der Waals surface area contributed by atoms with E-state index in [-0.39, 0.29) is 5.91 Å². The molecule has 2 fully saturated rings. The van der Waals surface area contributed by atoms with E-state index in [1.54, 1.807) is 0 Å². The molecule has 5 nitrogen and oxygen atoms in total. The maximum Gasteiger partial charge on any atom is 0.242 e. The topological polar surface area (TPSA) is 37.7 Å². The summed E-state index contributed by atoms with van der Waals surface area (Å²) >= 11 is 0. The Bertz CT molecular complexity index is 735. The van der Waals surface area contributed by atoms with Crippen molar-refractivity contribution in [1.82, 2.24) is 14.4 Å². The van der Waals surface area contributed by atoms with Crippen LogP contribution < -0.4 is 0 Å². The third-order valence-electron chi connectivity index (χ3n) is 5.78. The van der Waals surface area contributed by atoms with Gasteiger partial charge < -0.3 is 14.2 Å². The first kappa shape index (κ1) is 16.6. The molecule has 0 unspecified atom stereocenters. The lowest BCUT2D eigenvalue weighted by Gasteiger charge is -2.34. The molecular weight excluding hydrogens is 314 g/mol. The largest absolute Gasteiger partial charge is 0.379 e. The summed E-state index contributed by atoms with van der Waals surface area (Å²) in [5.41, 5.74) is 1.13. The number of benzene rings is 1. The van der Waals surface area contributed by atoms with Crippen LogP contribution in [-0.2, 0) is 16.1 Å². The van der Waals surface area contributed by atoms with E-state index in [2.05, 4.69) is 39.5 Å². The first-order valence-corrected chi connectivity index (χ1v) is 9.39. The molecule has 2 saturated heterocycles. The van der Waals surface area contributed by atoms with E-state index in [9.17, 15) is 4.79 Å². The Kier molecular flexibility index (Phi) is 4.77. The molecule has 4 rings (SSSR count). The number of amides is 1. The lowest BCUT2D eigenvalue weighted by Crippen LogP contribution is -2.47. The van der Waals surface area contributed by atoms with Gasteiger partial charge in [0.25, 0.3) is 0 Å². The van der Waals surface area contributed by atoms with Gasteiger partial charge in [0, 0.05) is 43.9 Å². The highest BCUT2D eigenvalue weighted by Crippen LogP contribution is 2.26. The number of para-hydroxylation sites is 1. The fourth-order valence-corrected chi connectivity index (χ4v) is 4.31. The van der Waals surface area contributed by atoms with Crippen LogP contribution in [0.15, 0.2) is 36.5 Å². The number of carbonyl (C=O) groups excluding carboxylic acids is 1. The molecule has 0 spiro atoms. The average molecular weight is 341 g/mol. The number of hydrogen-bond acceptors (Lipinski definition) is 3. The molecule has 25 heavy (non-hydrogen) atoms. The van der Waals surface area contributed by atoms with Crippen LogP contribution in [0.4, 0.5) is 0 Å². The minimum absolute atomic E-state index is 0.232. The maximum atomic E-state index is 12.9. The number of nitrogens with zero attached hydrogens (tertiary/aromatic N) is 3. The summed E-state index contributed by atoms with van der Waals surface area (Å²) in [5.74, 6) is 0.805. The fourth-order valence-electron chi connectivity index (χ4n) is 4.31. The van der Waals surface area contributed by atoms with E-state index in [0.29, 0.717) is 18.5 Å². The quantitative estimate of drug-likeness (QED) is 0.856. The molecule has 0 bridgehead atoms. The third-order valence-corrected chi connectivity index (χ3v) is 5.78. The van der Waals surface area contributed by atoms with Gasteiger partial charge in [0.05, 0.1) is 13.2 Å². The second-order valence-electron chi connectivity index (χ2n) is 7.19. The van der Waals surface area contributed by atoms with Crippen LogP contribution in [0.3, 0.4) is 0 Å². The predicted octanol–water partition coefficient (Wildman–Crippen LogP) is 2.21. The van der Waals surface area contributed by atoms with Crippen molar-refractivity contribution < 1.29 is 9.53 Å². The number of fused-ring (bicyclic) bond motifs is 1. The minimum atomic E-state index is 0.232. The molecule has 0 radical (unpaired) electrons. The third kappa shape index (κ3) is 3.31. The highest BCUT2D eigenvalue weighted by Gasteiger charge is 2.37. The summed E-state index contributed by atoms with van der Waals surface area (Å²) in [4.78, 5) is 17.5. The van der Waals surface area contributed by atoms with Gasteiger partial charge in [-0.05, 0) is 23.4 Å². The standard InChI is InChI=1S/C20H27N3O2/c1-2-16-13-23(14-19(16)21-9-11-25-12-10-21)20(24)15-22-8-7-17-5-3-4-6-18(17)22/h3-8,16,19H,2,9-15H2,1H3/t16-,19+/m0/s1. The van der Waals surface area contributed by atoms with E-state index >= 15 is 0 Å². The van der Waals surface area contributed by atoms with Crippen molar-refractivity contribution in [2.75, 3.05) is 39.4 Å². The van der Waals surface area contributed by atoms with Gasteiger partial charge in [-0.3, -0.25) is 9.69 Å². The molecule has 1 amide bonds. The van der Waals surface area contributed by atoms with Crippen molar-refractivity contribution in [3.63, 3.8) is 0 Å². The molecule has 2 atom stereocenters. The summed E-state index contributed by atoms with van der Waals surface area (Å²) in [6, 6.07) is 10.8. The van der Waals surface area contributed by atoms with Crippen LogP contribution in [0, 0.1) is 5.92 Å². The highest BCUT2D eigenvalue weighted by molar-refractivity contribution is 5.83. The molecule has 1 aromatic heterocycles. The fraction of sp³-hybridized carbons (Fsp3) is 0.550. The van der Waals surface area contributed by atoms with Gasteiger partial charge in [-0.15, -0.1) is 0 Å². The first-order valence-electron chi connectivity index (χ1n) is 9.39. The van der Waals surface area contributed by atoms with Crippen molar-refractivity contribution >= 4 is 16.8 Å². The van der Waals surface area contributed by atoms with E-state index in [0.717, 1.165) is 51.3 Å². The van der Waals surface area contributed by atoms with Gasteiger partial charge in [0.1, 0.15) is 6.54 Å². The Labute approximate surface area is 149 Å². The van der Waals surface area contributed by atoms with Crippen molar-refractivity contribution in [3.05, 3.63) is 36.5 Å². The minimum Gasteiger partial charge on any atom is -0.379 e. The Morgan fingerprint density at radius 1 is 1.16 bits per heavy atom. The Balaban J connectivity index is 1.45. The van der Waals surface area contributed by atoms with Gasteiger partial charge in [-0.25, -0.2) is 0 Å². The summed E-state index contributed by atoms with van der Waals surface area (Å²) in [5, 5.41) is 1.19. The molecule has 0 saturated carbocycles. The maximum absolute atomic E-state index is 12.9. The normalized spacial score (nSPS) is 24.9. The summed E-state index contributed by atoms with van der Waals surface area (Å²) in [7, 11) is 0. The van der Waals surface area contributed by atoms with Gasteiger partial charge in [-0.1, -0.05) is 31.5 Å². The molecule has 0 aliphatic carbocycles. The number of likely N-dealkylation sites (tertiary alicyclic amines) is 1. The molecule has 134 valence electrons. The van der Waals surface area contributed by atoms with E-state index < -0.39 is 0 Å². The van der Waals surface area contributed by atoms with Gasteiger partial charge >= 0.3 is 0 Å². The molecule has 0 N–H and O–H groups in total. The Morgan fingerprint density at radius 3 is 2.76 bits per heavy atom. The first-order chi connectivity index (χ1) is 12.3. The number of aromatic nitrogens is 1. The number of morpholine rings is 1. The van der Waals surface area contributed by atoms with Crippen molar-refractivity contribution in [3.8, 4) is 0 Å². The lowest BCUT2D eigenvalue weighted by molar-refractivity contribution is -0.131. The molecule has 2 aliphatic rings. The molecule has 2 aliphatic heterocycles. The molecule has 2 aromatic rings. The van der Waals surface area contributed by atoms with Gasteiger partial charge in [-0.2, -0.15) is 0 Å². The van der Waals surface area contributed by atoms with Crippen LogP contribution in [0.2, 0.25) is 0 Å². The number of hydrogen-bond donors (Lipinski definition) is 0. The number of rotatable bonds is 4. The lowest BCUT2D eigenvalue weighted by atomic mass is 9.99. The van der Waals surface area contributed by atoms with E-state index in [1.165, 1.54) is 5.39 Å². The summed E-state index contributed by atoms with van der Waals surface area (Å²) < 4.78 is 7.56. The van der Waals surface area contributed by atoms with Crippen LogP contribution in [0.25, 0.3) is 10.9 Å². The Morgan fingerprint density at radius 2 is 1.96 bits per heavy atom. The summed E-state index contributed by atoms with van der Waals surface area (Å²) in [6.45, 7) is 8.03. The van der Waals surface area contributed by atoms with E-state index in [4.69, 9.17) is 4.74 Å². The van der Waals surface area contributed by atoms with Crippen molar-refractivity contribution in [2.45, 2.75) is 25.9 Å². The second-order valence-corrected chi connectivity index (χ2v) is 7.19. The zero-order valence-corrected chi connectivity index (χ0v) is 14.9. The average Bonchev–Trinajstić information content (AvgIpc) is 3.27. The zero-order valence-electron chi connectivity index (χ0n) is 14.9. The monoisotopic (exact) mass is 341 g/mol. The molecular formula is C20H27N3O2. The van der Waals surface area contributed by atoms with E-state index in [1.807, 2.05) is 18.3 Å². The predicted molar refractivity (Wildman–Crippen MR) is 98.5 cm³/mol. The number of ether oxygens (including phenoxy) is 1. The second kappa shape index (κ2) is 7.18. The zero-order chi connectivity index (χ0) is 17.2. The van der Waals surface area contributed by atoms with Gasteiger partial charge in [0.2, 0.25) is 5.91 Å². The molecule has 5 heteroatoms. The van der Waals surface area contributed by atoms with Crippen molar-refractivity contribution in [2.24, 2.45) is 5.92 Å². The van der Waals surface area contributed by atoms with Crippen LogP contribution >= 0.6 is 0 Å². The molecule has 3 heterocycles. The van der Waals surface area contributed by atoms with Gasteiger partial charge in [0.15, 0.2) is 0 Å². The Hall–Kier alpha value is -1.85.